The van der Waals surface area contributed by atoms with Gasteiger partial charge in [-0.2, -0.15) is 0 Å². The SMILES string of the molecule is Cc1cc2c(cc1C)C(=O)C(CN1CCN(C)CC1)CO2. The molecule has 1 fully saturated rings. The van der Waals surface area contributed by atoms with Gasteiger partial charge in [0.1, 0.15) is 5.75 Å². The van der Waals surface area contributed by atoms with Crippen molar-refractivity contribution in [1.29, 1.82) is 0 Å². The van der Waals surface area contributed by atoms with Gasteiger partial charge >= 0.3 is 0 Å². The maximum Gasteiger partial charge on any atom is 0.174 e. The number of hydrogen-bond acceptors (Lipinski definition) is 4. The highest BCUT2D eigenvalue weighted by molar-refractivity contribution is 6.01. The van der Waals surface area contributed by atoms with Crippen molar-refractivity contribution in [3.63, 3.8) is 0 Å². The van der Waals surface area contributed by atoms with Crippen molar-refractivity contribution in [2.24, 2.45) is 5.92 Å². The third-order valence-electron chi connectivity index (χ3n) is 4.75. The van der Waals surface area contributed by atoms with Gasteiger partial charge in [0.2, 0.25) is 0 Å². The van der Waals surface area contributed by atoms with Crippen LogP contribution >= 0.6 is 0 Å². The fourth-order valence-electron chi connectivity index (χ4n) is 3.07. The van der Waals surface area contributed by atoms with E-state index < -0.39 is 0 Å². The van der Waals surface area contributed by atoms with E-state index in [1.165, 1.54) is 5.56 Å². The van der Waals surface area contributed by atoms with E-state index in [2.05, 4.69) is 23.8 Å². The fraction of sp³-hybridized carbons (Fsp3) is 0.588. The van der Waals surface area contributed by atoms with E-state index >= 15 is 0 Å². The third-order valence-corrected chi connectivity index (χ3v) is 4.75. The number of fused-ring (bicyclic) bond motifs is 1. The number of benzene rings is 1. The first-order valence-corrected chi connectivity index (χ1v) is 7.74. The number of aryl methyl sites for hydroxylation is 2. The molecule has 0 aromatic heterocycles. The highest BCUT2D eigenvalue weighted by Gasteiger charge is 2.31. The summed E-state index contributed by atoms with van der Waals surface area (Å²) in [6, 6.07) is 3.98. The van der Waals surface area contributed by atoms with Crippen LogP contribution < -0.4 is 4.74 Å². The number of hydrogen-bond donors (Lipinski definition) is 0. The zero-order valence-electron chi connectivity index (χ0n) is 13.2. The quantitative estimate of drug-likeness (QED) is 0.830. The van der Waals surface area contributed by atoms with Gasteiger partial charge in [-0.05, 0) is 44.2 Å². The van der Waals surface area contributed by atoms with E-state index in [0.717, 1.165) is 49.6 Å². The maximum atomic E-state index is 12.7. The molecule has 0 saturated carbocycles. The van der Waals surface area contributed by atoms with Crippen LogP contribution in [-0.4, -0.2) is 62.0 Å². The minimum absolute atomic E-state index is 0.0250. The molecule has 1 saturated heterocycles. The fourth-order valence-corrected chi connectivity index (χ4v) is 3.07. The van der Waals surface area contributed by atoms with Crippen LogP contribution in [-0.2, 0) is 0 Å². The number of piperazine rings is 1. The van der Waals surface area contributed by atoms with E-state index in [9.17, 15) is 4.79 Å². The normalized spacial score (nSPS) is 23.8. The first-order valence-electron chi connectivity index (χ1n) is 7.74. The Morgan fingerprint density at radius 1 is 1.14 bits per heavy atom. The van der Waals surface area contributed by atoms with Gasteiger partial charge in [-0.3, -0.25) is 9.69 Å². The molecular weight excluding hydrogens is 264 g/mol. The summed E-state index contributed by atoms with van der Waals surface area (Å²) >= 11 is 0. The predicted molar refractivity (Wildman–Crippen MR) is 83.2 cm³/mol. The number of Topliss-reactive ketones (excluding diaryl/α,β-unsaturated/α-hetero) is 1. The topological polar surface area (TPSA) is 32.8 Å². The molecule has 0 N–H and O–H groups in total. The summed E-state index contributed by atoms with van der Waals surface area (Å²) in [4.78, 5) is 17.4. The lowest BCUT2D eigenvalue weighted by Gasteiger charge is -2.35. The summed E-state index contributed by atoms with van der Waals surface area (Å²) in [5.74, 6) is 0.985. The number of carbonyl (C=O) groups is 1. The standard InChI is InChI=1S/C17H24N2O2/c1-12-8-15-16(9-13(12)2)21-11-14(17(15)20)10-19-6-4-18(3)5-7-19/h8-9,14H,4-7,10-11H2,1-3H3. The maximum absolute atomic E-state index is 12.7. The van der Waals surface area contributed by atoms with Crippen LogP contribution in [0.5, 0.6) is 5.75 Å². The molecule has 114 valence electrons. The second kappa shape index (κ2) is 5.78. The Morgan fingerprint density at radius 3 is 2.52 bits per heavy atom. The van der Waals surface area contributed by atoms with Crippen molar-refractivity contribution >= 4 is 5.78 Å². The van der Waals surface area contributed by atoms with E-state index in [4.69, 9.17) is 4.74 Å². The molecule has 0 amide bonds. The van der Waals surface area contributed by atoms with Crippen molar-refractivity contribution < 1.29 is 9.53 Å². The monoisotopic (exact) mass is 288 g/mol. The molecule has 1 aromatic carbocycles. The van der Waals surface area contributed by atoms with Crippen LogP contribution in [0.15, 0.2) is 12.1 Å². The van der Waals surface area contributed by atoms with Crippen LogP contribution in [0.2, 0.25) is 0 Å². The second-order valence-electron chi connectivity index (χ2n) is 6.41. The lowest BCUT2D eigenvalue weighted by atomic mass is 9.92. The van der Waals surface area contributed by atoms with Gasteiger partial charge in [-0.25, -0.2) is 0 Å². The molecular formula is C17H24N2O2. The van der Waals surface area contributed by atoms with Gasteiger partial charge < -0.3 is 9.64 Å². The molecule has 0 aliphatic carbocycles. The van der Waals surface area contributed by atoms with Crippen LogP contribution in [0, 0.1) is 19.8 Å². The number of carbonyl (C=O) groups excluding carboxylic acids is 1. The minimum Gasteiger partial charge on any atom is -0.492 e. The number of ether oxygens (including phenoxy) is 1. The average Bonchev–Trinajstić information content (AvgIpc) is 2.47. The Morgan fingerprint density at radius 2 is 1.81 bits per heavy atom. The Balaban J connectivity index is 1.72. The van der Waals surface area contributed by atoms with Gasteiger partial charge in [0.15, 0.2) is 5.78 Å². The van der Waals surface area contributed by atoms with Gasteiger partial charge in [-0.1, -0.05) is 0 Å². The number of ketones is 1. The Kier molecular flexibility index (Phi) is 4.00. The molecule has 1 unspecified atom stereocenters. The van der Waals surface area contributed by atoms with Crippen molar-refractivity contribution in [1.82, 2.24) is 9.80 Å². The summed E-state index contributed by atoms with van der Waals surface area (Å²) in [5, 5.41) is 0. The van der Waals surface area contributed by atoms with E-state index in [1.807, 2.05) is 19.1 Å². The zero-order chi connectivity index (χ0) is 15.0. The molecule has 2 aliphatic rings. The summed E-state index contributed by atoms with van der Waals surface area (Å²) in [5.41, 5.74) is 3.11. The second-order valence-corrected chi connectivity index (χ2v) is 6.41. The summed E-state index contributed by atoms with van der Waals surface area (Å²) in [7, 11) is 2.15. The zero-order valence-corrected chi connectivity index (χ0v) is 13.2. The molecule has 0 radical (unpaired) electrons. The predicted octanol–water partition coefficient (Wildman–Crippen LogP) is 1.74. The number of nitrogens with zero attached hydrogens (tertiary/aromatic N) is 2. The van der Waals surface area contributed by atoms with E-state index in [1.54, 1.807) is 0 Å². The molecule has 1 aromatic rings. The highest BCUT2D eigenvalue weighted by Crippen LogP contribution is 2.30. The number of likely N-dealkylation sites (N-methyl/N-ethyl adjacent to an activating group) is 1. The molecule has 4 nitrogen and oxygen atoms in total. The highest BCUT2D eigenvalue weighted by atomic mass is 16.5. The summed E-state index contributed by atoms with van der Waals surface area (Å²) in [6.45, 7) is 9.68. The molecule has 2 heterocycles. The minimum atomic E-state index is -0.0250. The largest absolute Gasteiger partial charge is 0.492 e. The van der Waals surface area contributed by atoms with Crippen LogP contribution in [0.4, 0.5) is 0 Å². The Labute approximate surface area is 126 Å². The summed E-state index contributed by atoms with van der Waals surface area (Å²) < 4.78 is 5.85. The first-order chi connectivity index (χ1) is 10.0. The number of rotatable bonds is 2. The van der Waals surface area contributed by atoms with Gasteiger partial charge in [-0.15, -0.1) is 0 Å². The molecule has 4 heteroatoms. The van der Waals surface area contributed by atoms with Crippen LogP contribution in [0.3, 0.4) is 0 Å². The third kappa shape index (κ3) is 2.97. The van der Waals surface area contributed by atoms with Gasteiger partial charge in [0.05, 0.1) is 18.1 Å². The van der Waals surface area contributed by atoms with E-state index in [-0.39, 0.29) is 11.7 Å². The van der Waals surface area contributed by atoms with Crippen LogP contribution in [0.25, 0.3) is 0 Å². The van der Waals surface area contributed by atoms with Gasteiger partial charge in [0.25, 0.3) is 0 Å². The molecule has 21 heavy (non-hydrogen) atoms. The average molecular weight is 288 g/mol. The lowest BCUT2D eigenvalue weighted by molar-refractivity contribution is 0.0712. The van der Waals surface area contributed by atoms with Crippen molar-refractivity contribution in [2.75, 3.05) is 46.4 Å². The van der Waals surface area contributed by atoms with Crippen molar-refractivity contribution in [3.05, 3.63) is 28.8 Å². The van der Waals surface area contributed by atoms with E-state index in [0.29, 0.717) is 6.61 Å². The molecule has 1 atom stereocenters. The van der Waals surface area contributed by atoms with Gasteiger partial charge in [0, 0.05) is 32.7 Å². The smallest absolute Gasteiger partial charge is 0.174 e. The van der Waals surface area contributed by atoms with Crippen molar-refractivity contribution in [3.8, 4) is 5.75 Å². The Hall–Kier alpha value is -1.39. The Bertz CT molecular complexity index is 548. The molecule has 2 aliphatic heterocycles. The summed E-state index contributed by atoms with van der Waals surface area (Å²) in [6.07, 6.45) is 0. The molecule has 3 rings (SSSR count). The molecule has 0 bridgehead atoms. The van der Waals surface area contributed by atoms with Crippen LogP contribution in [0.1, 0.15) is 21.5 Å². The first kappa shape index (κ1) is 14.5. The molecule has 0 spiro atoms. The lowest BCUT2D eigenvalue weighted by Crippen LogP contribution is -2.48. The van der Waals surface area contributed by atoms with Crippen molar-refractivity contribution in [2.45, 2.75) is 13.8 Å².